The average molecular weight is 246 g/mol. The molecule has 0 aromatic heterocycles. The van der Waals surface area contributed by atoms with Crippen molar-refractivity contribution in [1.82, 2.24) is 10.2 Å². The first kappa shape index (κ1) is 12.6. The number of rotatable bonds is 2. The van der Waals surface area contributed by atoms with Gasteiger partial charge in [-0.25, -0.2) is 0 Å². The summed E-state index contributed by atoms with van der Waals surface area (Å²) in [7, 11) is 1.63. The van der Waals surface area contributed by atoms with Gasteiger partial charge in [-0.2, -0.15) is 0 Å². The monoisotopic (exact) mass is 246 g/mol. The maximum Gasteiger partial charge on any atom is 0.253 e. The highest BCUT2D eigenvalue weighted by Gasteiger charge is 2.30. The lowest BCUT2D eigenvalue weighted by Crippen LogP contribution is -2.33. The molecule has 4 nitrogen and oxygen atoms in total. The molecule has 0 bridgehead atoms. The molecule has 1 aromatic carbocycles. The van der Waals surface area contributed by atoms with Gasteiger partial charge in [0, 0.05) is 25.7 Å². The summed E-state index contributed by atoms with van der Waals surface area (Å²) in [6.45, 7) is 3.17. The highest BCUT2D eigenvalue weighted by atomic mass is 16.2. The van der Waals surface area contributed by atoms with E-state index in [4.69, 9.17) is 0 Å². The van der Waals surface area contributed by atoms with E-state index in [2.05, 4.69) is 5.32 Å². The minimum atomic E-state index is -0.0654. The molecule has 1 saturated heterocycles. The van der Waals surface area contributed by atoms with Crippen molar-refractivity contribution in [1.29, 1.82) is 0 Å². The Kier molecular flexibility index (Phi) is 3.65. The van der Waals surface area contributed by atoms with Crippen LogP contribution >= 0.6 is 0 Å². The minimum absolute atomic E-state index is 0.0152. The fourth-order valence-corrected chi connectivity index (χ4v) is 2.24. The van der Waals surface area contributed by atoms with E-state index in [0.717, 1.165) is 12.0 Å². The quantitative estimate of drug-likeness (QED) is 0.852. The van der Waals surface area contributed by atoms with Crippen LogP contribution in [0.2, 0.25) is 0 Å². The van der Waals surface area contributed by atoms with Gasteiger partial charge in [0.2, 0.25) is 5.91 Å². The van der Waals surface area contributed by atoms with Crippen molar-refractivity contribution in [3.63, 3.8) is 0 Å². The van der Waals surface area contributed by atoms with E-state index >= 15 is 0 Å². The zero-order valence-corrected chi connectivity index (χ0v) is 10.8. The molecule has 2 amide bonds. The van der Waals surface area contributed by atoms with E-state index < -0.39 is 0 Å². The molecule has 0 saturated carbocycles. The van der Waals surface area contributed by atoms with E-state index in [0.29, 0.717) is 18.7 Å². The largest absolute Gasteiger partial charge is 0.359 e. The van der Waals surface area contributed by atoms with Gasteiger partial charge in [-0.05, 0) is 25.5 Å². The Balaban J connectivity index is 2.03. The SMILES string of the molecule is CNC(=O)C1CCN(C(=O)c2ccc(C)cc2)C1. The molecule has 1 aliphatic rings. The first-order valence-electron chi connectivity index (χ1n) is 6.19. The summed E-state index contributed by atoms with van der Waals surface area (Å²) in [6, 6.07) is 7.54. The number of amides is 2. The fraction of sp³-hybridized carbons (Fsp3) is 0.429. The first-order valence-corrected chi connectivity index (χ1v) is 6.19. The Bertz CT molecular complexity index is 453. The van der Waals surface area contributed by atoms with E-state index in [1.54, 1.807) is 11.9 Å². The molecule has 1 aromatic rings. The maximum absolute atomic E-state index is 12.2. The van der Waals surface area contributed by atoms with Crippen molar-refractivity contribution < 1.29 is 9.59 Å². The molecular weight excluding hydrogens is 228 g/mol. The van der Waals surface area contributed by atoms with Gasteiger partial charge in [-0.15, -0.1) is 0 Å². The third kappa shape index (κ3) is 2.53. The van der Waals surface area contributed by atoms with Crippen LogP contribution < -0.4 is 5.32 Å². The number of carbonyl (C=O) groups excluding carboxylic acids is 2. The maximum atomic E-state index is 12.2. The van der Waals surface area contributed by atoms with Crippen LogP contribution in [0, 0.1) is 12.8 Å². The molecule has 1 fully saturated rings. The zero-order chi connectivity index (χ0) is 13.1. The molecule has 1 N–H and O–H groups in total. The lowest BCUT2D eigenvalue weighted by molar-refractivity contribution is -0.124. The van der Waals surface area contributed by atoms with Gasteiger partial charge in [0.1, 0.15) is 0 Å². The normalized spacial score (nSPS) is 18.8. The molecule has 0 aliphatic carbocycles. The van der Waals surface area contributed by atoms with Crippen molar-refractivity contribution >= 4 is 11.8 Å². The Labute approximate surface area is 107 Å². The van der Waals surface area contributed by atoms with Crippen LogP contribution in [-0.4, -0.2) is 36.9 Å². The molecule has 96 valence electrons. The summed E-state index contributed by atoms with van der Waals surface area (Å²) in [5, 5.41) is 2.64. The number of carbonyl (C=O) groups is 2. The number of aryl methyl sites for hydroxylation is 1. The van der Waals surface area contributed by atoms with Gasteiger partial charge in [-0.3, -0.25) is 9.59 Å². The Hall–Kier alpha value is -1.84. The fourth-order valence-electron chi connectivity index (χ4n) is 2.24. The number of hydrogen-bond donors (Lipinski definition) is 1. The molecular formula is C14H18N2O2. The van der Waals surface area contributed by atoms with Crippen LogP contribution in [0.4, 0.5) is 0 Å². The molecule has 0 spiro atoms. The second kappa shape index (κ2) is 5.21. The van der Waals surface area contributed by atoms with Crippen molar-refractivity contribution in [3.8, 4) is 0 Å². The standard InChI is InChI=1S/C14H18N2O2/c1-10-3-5-11(6-4-10)14(18)16-8-7-12(9-16)13(17)15-2/h3-6,12H,7-9H2,1-2H3,(H,15,17). The average Bonchev–Trinajstić information content (AvgIpc) is 2.87. The van der Waals surface area contributed by atoms with Gasteiger partial charge >= 0.3 is 0 Å². The van der Waals surface area contributed by atoms with Crippen LogP contribution in [0.15, 0.2) is 24.3 Å². The number of likely N-dealkylation sites (tertiary alicyclic amines) is 1. The van der Waals surface area contributed by atoms with Gasteiger partial charge in [0.05, 0.1) is 5.92 Å². The van der Waals surface area contributed by atoms with E-state index in [1.807, 2.05) is 31.2 Å². The minimum Gasteiger partial charge on any atom is -0.359 e. The predicted octanol–water partition coefficient (Wildman–Crippen LogP) is 1.20. The molecule has 1 atom stereocenters. The molecule has 0 radical (unpaired) electrons. The van der Waals surface area contributed by atoms with Crippen molar-refractivity contribution in [2.24, 2.45) is 5.92 Å². The number of nitrogens with zero attached hydrogens (tertiary/aromatic N) is 1. The molecule has 4 heteroatoms. The summed E-state index contributed by atoms with van der Waals surface area (Å²) in [5.74, 6) is -0.0278. The van der Waals surface area contributed by atoms with E-state index in [-0.39, 0.29) is 17.7 Å². The van der Waals surface area contributed by atoms with Crippen molar-refractivity contribution in [2.75, 3.05) is 20.1 Å². The third-order valence-electron chi connectivity index (χ3n) is 3.39. The first-order chi connectivity index (χ1) is 8.61. The summed E-state index contributed by atoms with van der Waals surface area (Å²) < 4.78 is 0. The lowest BCUT2D eigenvalue weighted by atomic mass is 10.1. The number of nitrogens with one attached hydrogen (secondary N) is 1. The number of benzene rings is 1. The van der Waals surface area contributed by atoms with Crippen molar-refractivity contribution in [3.05, 3.63) is 35.4 Å². The molecule has 1 unspecified atom stereocenters. The van der Waals surface area contributed by atoms with Crippen LogP contribution in [0.5, 0.6) is 0 Å². The number of hydrogen-bond acceptors (Lipinski definition) is 2. The van der Waals surface area contributed by atoms with Gasteiger partial charge in [-0.1, -0.05) is 17.7 Å². The Morgan fingerprint density at radius 1 is 1.28 bits per heavy atom. The van der Waals surface area contributed by atoms with Crippen LogP contribution in [0.3, 0.4) is 0 Å². The highest BCUT2D eigenvalue weighted by Crippen LogP contribution is 2.19. The van der Waals surface area contributed by atoms with Crippen molar-refractivity contribution in [2.45, 2.75) is 13.3 Å². The molecule has 18 heavy (non-hydrogen) atoms. The smallest absolute Gasteiger partial charge is 0.253 e. The zero-order valence-electron chi connectivity index (χ0n) is 10.8. The second-order valence-electron chi connectivity index (χ2n) is 4.72. The predicted molar refractivity (Wildman–Crippen MR) is 69.3 cm³/mol. The Morgan fingerprint density at radius 2 is 1.94 bits per heavy atom. The third-order valence-corrected chi connectivity index (χ3v) is 3.39. The van der Waals surface area contributed by atoms with Crippen LogP contribution in [0.25, 0.3) is 0 Å². The highest BCUT2D eigenvalue weighted by molar-refractivity contribution is 5.95. The summed E-state index contributed by atoms with van der Waals surface area (Å²) in [4.78, 5) is 25.5. The summed E-state index contributed by atoms with van der Waals surface area (Å²) >= 11 is 0. The Morgan fingerprint density at radius 3 is 2.56 bits per heavy atom. The van der Waals surface area contributed by atoms with Crippen LogP contribution in [0.1, 0.15) is 22.3 Å². The summed E-state index contributed by atoms with van der Waals surface area (Å²) in [5.41, 5.74) is 1.83. The molecule has 2 rings (SSSR count). The van der Waals surface area contributed by atoms with Gasteiger partial charge < -0.3 is 10.2 Å². The van der Waals surface area contributed by atoms with Gasteiger partial charge in [0.25, 0.3) is 5.91 Å². The second-order valence-corrected chi connectivity index (χ2v) is 4.72. The topological polar surface area (TPSA) is 49.4 Å². The molecule has 1 heterocycles. The van der Waals surface area contributed by atoms with Gasteiger partial charge in [0.15, 0.2) is 0 Å². The lowest BCUT2D eigenvalue weighted by Gasteiger charge is -2.16. The van der Waals surface area contributed by atoms with Crippen LogP contribution in [-0.2, 0) is 4.79 Å². The van der Waals surface area contributed by atoms with E-state index in [1.165, 1.54) is 0 Å². The molecule has 1 aliphatic heterocycles. The van der Waals surface area contributed by atoms with E-state index in [9.17, 15) is 9.59 Å². The summed E-state index contributed by atoms with van der Waals surface area (Å²) in [6.07, 6.45) is 0.747.